The second-order valence-corrected chi connectivity index (χ2v) is 3.95. The van der Waals surface area contributed by atoms with Crippen molar-refractivity contribution in [2.24, 2.45) is 27.2 Å². The third-order valence-electron chi connectivity index (χ3n) is 1.47. The van der Waals surface area contributed by atoms with Crippen molar-refractivity contribution in [3.63, 3.8) is 0 Å². The van der Waals surface area contributed by atoms with Gasteiger partial charge in [-0.15, -0.1) is 12.4 Å². The lowest BCUT2D eigenvalue weighted by molar-refractivity contribution is 1.38. The highest BCUT2D eigenvalue weighted by Gasteiger charge is 2.05. The molecular weight excluding hydrogens is 308 g/mol. The third kappa shape index (κ3) is 4.87. The number of nitrogens with zero attached hydrogens (tertiary/aromatic N) is 2. The van der Waals surface area contributed by atoms with Crippen LogP contribution < -0.4 is 17.2 Å². The Labute approximate surface area is 119 Å². The molecule has 0 saturated carbocycles. The minimum absolute atomic E-state index is 0. The van der Waals surface area contributed by atoms with Gasteiger partial charge in [-0.25, -0.2) is 4.99 Å². The largest absolute Gasteiger partial charge is 0.370 e. The number of rotatable bonds is 1. The van der Waals surface area contributed by atoms with Crippen LogP contribution in [0.4, 0.5) is 5.69 Å². The standard InChI is InChI=1S/C8H8Cl3N5.ClH/c9-3-1-5(11)6(2-4(3)10)15-8(14)16-7(12)13;/h1-2H,(H6,12,13,14,15,16);1H. The van der Waals surface area contributed by atoms with Crippen LogP contribution in [-0.4, -0.2) is 11.9 Å². The van der Waals surface area contributed by atoms with Crippen molar-refractivity contribution < 1.29 is 0 Å². The van der Waals surface area contributed by atoms with Gasteiger partial charge >= 0.3 is 0 Å². The van der Waals surface area contributed by atoms with E-state index in [1.807, 2.05) is 0 Å². The van der Waals surface area contributed by atoms with E-state index in [0.717, 1.165) is 0 Å². The fraction of sp³-hybridized carbons (Fsp3) is 0. The molecule has 0 saturated heterocycles. The van der Waals surface area contributed by atoms with Crippen molar-refractivity contribution in [3.8, 4) is 0 Å². The maximum atomic E-state index is 5.87. The van der Waals surface area contributed by atoms with Crippen LogP contribution in [0.1, 0.15) is 0 Å². The van der Waals surface area contributed by atoms with E-state index in [0.29, 0.717) is 20.8 Å². The van der Waals surface area contributed by atoms with Gasteiger partial charge in [0.2, 0.25) is 5.96 Å². The summed E-state index contributed by atoms with van der Waals surface area (Å²) in [4.78, 5) is 7.40. The molecule has 5 nitrogen and oxygen atoms in total. The van der Waals surface area contributed by atoms with Crippen molar-refractivity contribution in [3.05, 3.63) is 27.2 Å². The van der Waals surface area contributed by atoms with Crippen molar-refractivity contribution in [1.29, 1.82) is 0 Å². The summed E-state index contributed by atoms with van der Waals surface area (Å²) in [7, 11) is 0. The van der Waals surface area contributed by atoms with Crippen molar-refractivity contribution >= 4 is 64.8 Å². The molecule has 0 aliphatic rings. The molecule has 0 heterocycles. The topological polar surface area (TPSA) is 103 Å². The Hall–Kier alpha value is -0.880. The zero-order valence-corrected chi connectivity index (χ0v) is 11.4. The highest BCUT2D eigenvalue weighted by Crippen LogP contribution is 2.33. The molecule has 6 N–H and O–H groups in total. The lowest BCUT2D eigenvalue weighted by atomic mass is 10.3. The van der Waals surface area contributed by atoms with E-state index in [1.165, 1.54) is 12.1 Å². The van der Waals surface area contributed by atoms with Gasteiger partial charge in [-0.2, -0.15) is 4.99 Å². The molecule has 0 aliphatic heterocycles. The van der Waals surface area contributed by atoms with Gasteiger partial charge in [0.05, 0.1) is 20.8 Å². The first-order valence-electron chi connectivity index (χ1n) is 3.98. The molecule has 1 aromatic carbocycles. The Morgan fingerprint density at radius 3 is 2.00 bits per heavy atom. The highest BCUT2D eigenvalue weighted by atomic mass is 35.5. The number of halogens is 4. The van der Waals surface area contributed by atoms with Gasteiger partial charge in [-0.3, -0.25) is 0 Å². The molecular formula is C8H9Cl4N5. The Morgan fingerprint density at radius 2 is 1.47 bits per heavy atom. The van der Waals surface area contributed by atoms with E-state index in [1.54, 1.807) is 0 Å². The maximum absolute atomic E-state index is 5.87. The second kappa shape index (κ2) is 6.76. The van der Waals surface area contributed by atoms with E-state index in [2.05, 4.69) is 9.98 Å². The first kappa shape index (κ1) is 16.1. The Bertz CT molecular complexity index is 467. The molecule has 94 valence electrons. The average Bonchev–Trinajstić information content (AvgIpc) is 2.12. The first-order chi connectivity index (χ1) is 7.40. The minimum Gasteiger partial charge on any atom is -0.370 e. The maximum Gasteiger partial charge on any atom is 0.223 e. The molecule has 0 aromatic heterocycles. The summed E-state index contributed by atoms with van der Waals surface area (Å²) >= 11 is 17.4. The molecule has 0 spiro atoms. The molecule has 1 rings (SSSR count). The number of aliphatic imine (C=N–C) groups is 2. The highest BCUT2D eigenvalue weighted by molar-refractivity contribution is 6.44. The average molecular weight is 317 g/mol. The summed E-state index contributed by atoms with van der Waals surface area (Å²) in [6.07, 6.45) is 0. The molecule has 0 amide bonds. The van der Waals surface area contributed by atoms with E-state index in [-0.39, 0.29) is 24.3 Å². The van der Waals surface area contributed by atoms with Crippen LogP contribution in [0.5, 0.6) is 0 Å². The third-order valence-corrected chi connectivity index (χ3v) is 2.49. The number of hydrogen-bond donors (Lipinski definition) is 3. The van der Waals surface area contributed by atoms with E-state index in [9.17, 15) is 0 Å². The lowest BCUT2D eigenvalue weighted by Crippen LogP contribution is -2.26. The van der Waals surface area contributed by atoms with Gasteiger partial charge in [0.25, 0.3) is 0 Å². The predicted molar refractivity (Wildman–Crippen MR) is 75.8 cm³/mol. The predicted octanol–water partition coefficient (Wildman–Crippen LogP) is 2.29. The lowest BCUT2D eigenvalue weighted by Gasteiger charge is -2.01. The minimum atomic E-state index is -0.197. The summed E-state index contributed by atoms with van der Waals surface area (Å²) < 4.78 is 0. The van der Waals surface area contributed by atoms with Crippen LogP contribution in [-0.2, 0) is 0 Å². The van der Waals surface area contributed by atoms with Crippen LogP contribution in [0.15, 0.2) is 22.1 Å². The van der Waals surface area contributed by atoms with Gasteiger partial charge in [0, 0.05) is 0 Å². The first-order valence-corrected chi connectivity index (χ1v) is 5.12. The molecule has 0 unspecified atom stereocenters. The van der Waals surface area contributed by atoms with Crippen LogP contribution in [0.3, 0.4) is 0 Å². The van der Waals surface area contributed by atoms with Crippen molar-refractivity contribution in [2.45, 2.75) is 0 Å². The van der Waals surface area contributed by atoms with Gasteiger partial charge in [0.15, 0.2) is 5.96 Å². The molecule has 9 heteroatoms. The second-order valence-electron chi connectivity index (χ2n) is 2.72. The quantitative estimate of drug-likeness (QED) is 0.420. The molecule has 17 heavy (non-hydrogen) atoms. The van der Waals surface area contributed by atoms with E-state index >= 15 is 0 Å². The number of hydrogen-bond acceptors (Lipinski definition) is 1. The smallest absolute Gasteiger partial charge is 0.223 e. The van der Waals surface area contributed by atoms with Gasteiger partial charge < -0.3 is 17.2 Å². The molecule has 0 bridgehead atoms. The Morgan fingerprint density at radius 1 is 0.941 bits per heavy atom. The zero-order chi connectivity index (χ0) is 12.3. The normalized spacial score (nSPS) is 10.6. The molecule has 0 fully saturated rings. The van der Waals surface area contributed by atoms with Crippen LogP contribution in [0, 0.1) is 0 Å². The molecule has 0 aliphatic carbocycles. The summed E-state index contributed by atoms with van der Waals surface area (Å²) in [6, 6.07) is 2.91. The monoisotopic (exact) mass is 315 g/mol. The van der Waals surface area contributed by atoms with Gasteiger partial charge in [0.1, 0.15) is 0 Å². The Balaban J connectivity index is 0.00000256. The fourth-order valence-electron chi connectivity index (χ4n) is 0.878. The van der Waals surface area contributed by atoms with Crippen LogP contribution >= 0.6 is 47.2 Å². The fourth-order valence-corrected chi connectivity index (χ4v) is 1.46. The zero-order valence-electron chi connectivity index (χ0n) is 8.32. The van der Waals surface area contributed by atoms with Crippen molar-refractivity contribution in [2.75, 3.05) is 0 Å². The summed E-state index contributed by atoms with van der Waals surface area (Å²) in [5, 5.41) is 0.927. The van der Waals surface area contributed by atoms with Crippen molar-refractivity contribution in [1.82, 2.24) is 0 Å². The number of guanidine groups is 2. The van der Waals surface area contributed by atoms with E-state index in [4.69, 9.17) is 52.0 Å². The molecule has 0 atom stereocenters. The molecule has 0 radical (unpaired) electrons. The SMILES string of the molecule is Cl.NC(N)=NC(N)=Nc1cc(Cl)c(Cl)cc1Cl. The van der Waals surface area contributed by atoms with Gasteiger partial charge in [-0.05, 0) is 12.1 Å². The molecule has 1 aromatic rings. The van der Waals surface area contributed by atoms with Crippen LogP contribution in [0.2, 0.25) is 15.1 Å². The number of benzene rings is 1. The Kier molecular flexibility index (Phi) is 6.41. The summed E-state index contributed by atoms with van der Waals surface area (Å²) in [5.74, 6) is -0.322. The summed E-state index contributed by atoms with van der Waals surface area (Å²) in [6.45, 7) is 0. The van der Waals surface area contributed by atoms with Crippen LogP contribution in [0.25, 0.3) is 0 Å². The van der Waals surface area contributed by atoms with Gasteiger partial charge in [-0.1, -0.05) is 34.8 Å². The van der Waals surface area contributed by atoms with E-state index < -0.39 is 0 Å². The number of nitrogens with two attached hydrogens (primary N) is 3. The summed E-state index contributed by atoms with van der Waals surface area (Å²) in [5.41, 5.74) is 16.0.